The summed E-state index contributed by atoms with van der Waals surface area (Å²) >= 11 is 0. The number of rotatable bonds is 42. The van der Waals surface area contributed by atoms with Crippen LogP contribution in [0.1, 0.15) is 314 Å². The highest BCUT2D eigenvalue weighted by atomic mass is 16.6. The van der Waals surface area contributed by atoms with E-state index in [4.69, 9.17) is 28.4 Å². The first-order valence-electron chi connectivity index (χ1n) is 42.6. The van der Waals surface area contributed by atoms with Gasteiger partial charge in [-0.1, -0.05) is 168 Å². The van der Waals surface area contributed by atoms with Gasteiger partial charge in [0.05, 0.1) is 18.6 Å². The molecule has 0 aromatic heterocycles. The van der Waals surface area contributed by atoms with Crippen molar-refractivity contribution in [1.82, 2.24) is 9.80 Å². The molecule has 6 fully saturated rings. The summed E-state index contributed by atoms with van der Waals surface area (Å²) in [6, 6.07) is 0. The van der Waals surface area contributed by atoms with Crippen LogP contribution in [0.5, 0.6) is 0 Å². The van der Waals surface area contributed by atoms with Crippen molar-refractivity contribution in [2.75, 3.05) is 67.7 Å². The number of nitrogens with zero attached hydrogens (tertiary/aromatic N) is 2. The monoisotopic (exact) mass is 1420 g/mol. The molecule has 12 heteroatoms. The molecule has 0 aromatic carbocycles. The quantitative estimate of drug-likeness (QED) is 0.0250. The highest BCUT2D eigenvalue weighted by Gasteiger charge is 2.61. The van der Waals surface area contributed by atoms with Gasteiger partial charge in [-0.3, -0.25) is 19.2 Å². The van der Waals surface area contributed by atoms with E-state index >= 15 is 0 Å². The molecule has 0 bridgehead atoms. The van der Waals surface area contributed by atoms with E-state index in [1.54, 1.807) is 17.2 Å². The predicted octanol–water partition coefficient (Wildman–Crippen LogP) is 21.5. The smallest absolute Gasteiger partial charge is 0.309 e. The van der Waals surface area contributed by atoms with Crippen LogP contribution in [0.2, 0.25) is 0 Å². The Morgan fingerprint density at radius 2 is 0.951 bits per heavy atom. The van der Waals surface area contributed by atoms with Crippen LogP contribution in [0.3, 0.4) is 0 Å². The summed E-state index contributed by atoms with van der Waals surface area (Å²) < 4.78 is 35.0. The predicted molar refractivity (Wildman–Crippen MR) is 419 cm³/mol. The average Bonchev–Trinajstić information content (AvgIpc) is 1.42. The second kappa shape index (κ2) is 42.4. The number of hydrogen-bond acceptors (Lipinski definition) is 12. The number of carbonyl (C=O) groups is 4. The molecule has 0 spiro atoms. The number of carbonyl (C=O) groups excluding carboxylic acids is 4. The Morgan fingerprint density at radius 3 is 1.40 bits per heavy atom. The number of fused-ring (bicyclic) bond motifs is 10. The van der Waals surface area contributed by atoms with Gasteiger partial charge in [-0.25, -0.2) is 0 Å². The first kappa shape index (κ1) is 85.9. The zero-order valence-electron chi connectivity index (χ0n) is 68.4. The Kier molecular flexibility index (Phi) is 35.7. The van der Waals surface area contributed by atoms with Crippen LogP contribution in [0, 0.1) is 92.7 Å². The van der Waals surface area contributed by atoms with Crippen molar-refractivity contribution in [1.29, 1.82) is 0 Å². The molecule has 8 aliphatic rings. The molecule has 12 nitrogen and oxygen atoms in total. The molecule has 8 unspecified atom stereocenters. The van der Waals surface area contributed by atoms with Gasteiger partial charge in [0.25, 0.3) is 0 Å². The van der Waals surface area contributed by atoms with Crippen molar-refractivity contribution in [2.24, 2.45) is 92.7 Å². The molecular weight excluding hydrogens is 1270 g/mol. The number of unbranched alkanes of at least 4 members (excludes halogenated alkanes) is 4. The van der Waals surface area contributed by atoms with Crippen molar-refractivity contribution in [3.8, 4) is 0 Å². The molecule has 0 aromatic rings. The molecule has 6 saturated carbocycles. The highest BCUT2D eigenvalue weighted by Crippen LogP contribution is 2.69. The third-order valence-electron chi connectivity index (χ3n) is 28.1. The van der Waals surface area contributed by atoms with Gasteiger partial charge in [0, 0.05) is 39.4 Å². The van der Waals surface area contributed by atoms with Gasteiger partial charge >= 0.3 is 23.9 Å². The standard InChI is InChI=1S/2C45H77NO5/c1-33(2)16-14-17-34(3)40-23-24-41-39-22-21-36-32-38(25-27-44(36,5)42(39)26-28-45(40,41)6)50-31-12-9-10-18-37(19-11-13-30-49-35(4)47)51-43(48)20-15-29-46(7)8;1-9-10-29-50-43(48)32-37(51-42(47)19-15-28-46(7)8)18-12-11-13-30-49-36-24-26-44(5)35(31-36)20-21-38-40-23-22-39(34(4)17-14-16-33(2)3)45(40,6)27-25-41(38)44/h11,13,21,33-34,37-42H,9-10,12,14-20,22-32H2,1-8H3;9-10,20,33-34,36-41H,11-19,21-32H2,1-8H3/b13-11+;10-9+/t34-,37?,38+,39?,40-,41?,42?,44+,45-;34-,36+,37?,38?,39-,40?,41?,44+,45-/m11/s1. The Labute approximate surface area is 624 Å². The highest BCUT2D eigenvalue weighted by molar-refractivity contribution is 5.72. The minimum atomic E-state index is -0.431. The summed E-state index contributed by atoms with van der Waals surface area (Å²) in [7, 11) is 8.03. The van der Waals surface area contributed by atoms with Gasteiger partial charge in [0.2, 0.25) is 0 Å². The van der Waals surface area contributed by atoms with Gasteiger partial charge in [-0.2, -0.15) is 0 Å². The minimum absolute atomic E-state index is 0.114. The molecule has 8 aliphatic carbocycles. The lowest BCUT2D eigenvalue weighted by molar-refractivity contribution is -0.155. The summed E-state index contributed by atoms with van der Waals surface area (Å²) in [5, 5.41) is 0. The van der Waals surface area contributed by atoms with E-state index in [1.165, 1.54) is 135 Å². The molecule has 8 rings (SSSR count). The summed E-state index contributed by atoms with van der Waals surface area (Å²) in [5.41, 5.74) is 5.25. The maximum Gasteiger partial charge on any atom is 0.309 e. The second-order valence-electron chi connectivity index (χ2n) is 36.8. The first-order chi connectivity index (χ1) is 48.7. The van der Waals surface area contributed by atoms with E-state index < -0.39 is 6.10 Å². The van der Waals surface area contributed by atoms with Crippen LogP contribution in [0.15, 0.2) is 47.6 Å². The summed E-state index contributed by atoms with van der Waals surface area (Å²) in [5.74, 6) is 9.58. The number of esters is 4. The SMILES string of the molecule is C/C=C/COC(=O)CC(CCCCCO[C@H]1CC[C@@]2(C)C(=CCC3C2CC[C@@]2(C)C3CC[C@@H]2[C@H](C)CCCC(C)C)C1)OC(=O)CCCN(C)C.CC(=O)OC/C=C/CC(CCCCCO[C@H]1CC[C@@]2(C)C(=CCC3C2CC[C@@]2(C)C3CC[C@@H]2[C@H](C)CCCC(C)C)C1)OC(=O)CCCN(C)C. The molecule has 0 N–H and O–H groups in total. The van der Waals surface area contributed by atoms with Gasteiger partial charge in [-0.05, 0) is 295 Å². The maximum absolute atomic E-state index is 12.5. The van der Waals surface area contributed by atoms with E-state index in [-0.39, 0.29) is 49.6 Å². The number of allylic oxidation sites excluding steroid dienone is 3. The zero-order chi connectivity index (χ0) is 74.0. The Bertz CT molecular complexity index is 2640. The van der Waals surface area contributed by atoms with Crippen LogP contribution in [0.4, 0.5) is 0 Å². The van der Waals surface area contributed by atoms with E-state index in [9.17, 15) is 19.2 Å². The average molecular weight is 1420 g/mol. The van der Waals surface area contributed by atoms with Crippen LogP contribution in [0.25, 0.3) is 0 Å². The minimum Gasteiger partial charge on any atom is -0.462 e. The third-order valence-corrected chi connectivity index (χ3v) is 28.1. The topological polar surface area (TPSA) is 130 Å². The molecule has 0 saturated heterocycles. The maximum atomic E-state index is 12.5. The van der Waals surface area contributed by atoms with Crippen molar-refractivity contribution < 1.29 is 47.6 Å². The fourth-order valence-corrected chi connectivity index (χ4v) is 22.4. The zero-order valence-corrected chi connectivity index (χ0v) is 68.4. The number of hydrogen-bond donors (Lipinski definition) is 0. The number of ether oxygens (including phenoxy) is 6. The van der Waals surface area contributed by atoms with Crippen molar-refractivity contribution in [3.05, 3.63) is 47.6 Å². The van der Waals surface area contributed by atoms with E-state index in [0.717, 1.165) is 168 Å². The van der Waals surface area contributed by atoms with Crippen molar-refractivity contribution in [2.45, 2.75) is 339 Å². The lowest BCUT2D eigenvalue weighted by atomic mass is 9.47. The lowest BCUT2D eigenvalue weighted by Gasteiger charge is -2.58. The summed E-state index contributed by atoms with van der Waals surface area (Å²) in [4.78, 5) is 52.6. The fraction of sp³-hybridized carbons (Fsp3) is 0.867. The second-order valence-corrected chi connectivity index (χ2v) is 36.8. The van der Waals surface area contributed by atoms with Crippen LogP contribution < -0.4 is 0 Å². The molecule has 0 amide bonds. The van der Waals surface area contributed by atoms with Gasteiger partial charge in [-0.15, -0.1) is 0 Å². The molecule has 18 atom stereocenters. The van der Waals surface area contributed by atoms with Gasteiger partial charge < -0.3 is 38.2 Å². The molecule has 0 radical (unpaired) electrons. The normalized spacial score (nSPS) is 31.6. The molecule has 0 aliphatic heterocycles. The molecular formula is C90H154N2O10. The van der Waals surface area contributed by atoms with E-state index in [1.807, 2.05) is 53.3 Å². The summed E-state index contributed by atoms with van der Waals surface area (Å²) in [6.45, 7) is 32.5. The molecule has 584 valence electrons. The lowest BCUT2D eigenvalue weighted by Crippen LogP contribution is -2.51. The van der Waals surface area contributed by atoms with Crippen LogP contribution in [-0.4, -0.2) is 126 Å². The van der Waals surface area contributed by atoms with Crippen molar-refractivity contribution in [3.63, 3.8) is 0 Å². The fourth-order valence-electron chi connectivity index (χ4n) is 22.4. The van der Waals surface area contributed by atoms with Gasteiger partial charge in [0.1, 0.15) is 25.4 Å². The summed E-state index contributed by atoms with van der Waals surface area (Å²) in [6.07, 6.45) is 53.4. The van der Waals surface area contributed by atoms with E-state index in [0.29, 0.717) is 59.6 Å². The van der Waals surface area contributed by atoms with Crippen molar-refractivity contribution >= 4 is 23.9 Å². The Balaban J connectivity index is 0.000000286. The van der Waals surface area contributed by atoms with Crippen LogP contribution in [-0.2, 0) is 47.6 Å². The molecule has 102 heavy (non-hydrogen) atoms. The van der Waals surface area contributed by atoms with E-state index in [2.05, 4.69) is 91.2 Å². The van der Waals surface area contributed by atoms with Crippen LogP contribution >= 0.6 is 0 Å². The van der Waals surface area contributed by atoms with Gasteiger partial charge in [0.15, 0.2) is 0 Å². The Morgan fingerprint density at radius 1 is 0.490 bits per heavy atom. The first-order valence-corrected chi connectivity index (χ1v) is 42.6. The Hall–Kier alpha value is -3.32. The molecule has 0 heterocycles. The largest absolute Gasteiger partial charge is 0.462 e. The third kappa shape index (κ3) is 25.1.